The minimum absolute atomic E-state index is 0.546. The van der Waals surface area contributed by atoms with E-state index in [1.54, 1.807) is 25.4 Å². The molecular weight excluding hydrogens is 100 g/mol. The van der Waals surface area contributed by atoms with Crippen LogP contribution in [0.4, 0.5) is 0 Å². The highest BCUT2D eigenvalue weighted by Gasteiger charge is 1.67. The standard InChI is InChI=1S/C6H10N2/c1-6(7)4-3-5-8-2/h3-5H,1,7H2,2H3/b4-3-,8-5?. The minimum atomic E-state index is 0.546. The average molecular weight is 110 g/mol. The summed E-state index contributed by atoms with van der Waals surface area (Å²) in [5, 5.41) is 0. The number of nitrogens with two attached hydrogens (primary N) is 1. The molecule has 0 aliphatic rings. The van der Waals surface area contributed by atoms with E-state index in [2.05, 4.69) is 11.6 Å². The Labute approximate surface area is 49.4 Å². The first-order valence-electron chi connectivity index (χ1n) is 2.30. The molecule has 8 heavy (non-hydrogen) atoms. The monoisotopic (exact) mass is 110 g/mol. The molecule has 0 aliphatic heterocycles. The van der Waals surface area contributed by atoms with Crippen molar-refractivity contribution in [2.45, 2.75) is 0 Å². The van der Waals surface area contributed by atoms with Crippen LogP contribution in [0.25, 0.3) is 0 Å². The zero-order chi connectivity index (χ0) is 6.41. The summed E-state index contributed by atoms with van der Waals surface area (Å²) in [7, 11) is 1.70. The van der Waals surface area contributed by atoms with Gasteiger partial charge in [0.2, 0.25) is 0 Å². The molecule has 0 spiro atoms. The Morgan fingerprint density at radius 1 is 1.75 bits per heavy atom. The molecule has 44 valence electrons. The van der Waals surface area contributed by atoms with Crippen LogP contribution in [0.2, 0.25) is 0 Å². The van der Waals surface area contributed by atoms with E-state index in [-0.39, 0.29) is 0 Å². The van der Waals surface area contributed by atoms with Gasteiger partial charge in [0.1, 0.15) is 0 Å². The number of hydrogen-bond acceptors (Lipinski definition) is 2. The summed E-state index contributed by atoms with van der Waals surface area (Å²) in [6.07, 6.45) is 5.08. The summed E-state index contributed by atoms with van der Waals surface area (Å²) >= 11 is 0. The molecule has 2 heteroatoms. The summed E-state index contributed by atoms with van der Waals surface area (Å²) in [5.74, 6) is 0. The van der Waals surface area contributed by atoms with Crippen LogP contribution in [0.15, 0.2) is 29.4 Å². The summed E-state index contributed by atoms with van der Waals surface area (Å²) in [4.78, 5) is 3.70. The van der Waals surface area contributed by atoms with Crippen molar-refractivity contribution in [3.8, 4) is 0 Å². The Kier molecular flexibility index (Phi) is 3.58. The molecule has 0 aromatic carbocycles. The van der Waals surface area contributed by atoms with Crippen molar-refractivity contribution < 1.29 is 0 Å². The number of aliphatic imine (C=N–C) groups is 1. The van der Waals surface area contributed by atoms with Crippen molar-refractivity contribution >= 4 is 6.21 Å². The molecule has 0 unspecified atom stereocenters. The van der Waals surface area contributed by atoms with Crippen LogP contribution in [0.3, 0.4) is 0 Å². The fraction of sp³-hybridized carbons (Fsp3) is 0.167. The van der Waals surface area contributed by atoms with E-state index in [1.807, 2.05) is 0 Å². The number of hydrogen-bond donors (Lipinski definition) is 1. The van der Waals surface area contributed by atoms with Gasteiger partial charge in [-0.1, -0.05) is 6.58 Å². The summed E-state index contributed by atoms with van der Waals surface area (Å²) < 4.78 is 0. The van der Waals surface area contributed by atoms with Crippen LogP contribution in [0.5, 0.6) is 0 Å². The quantitative estimate of drug-likeness (QED) is 0.412. The van der Waals surface area contributed by atoms with Crippen LogP contribution in [0, 0.1) is 0 Å². The second kappa shape index (κ2) is 4.12. The van der Waals surface area contributed by atoms with E-state index in [1.165, 1.54) is 0 Å². The van der Waals surface area contributed by atoms with Gasteiger partial charge in [0, 0.05) is 19.0 Å². The molecule has 0 heterocycles. The lowest BCUT2D eigenvalue weighted by Gasteiger charge is -1.79. The predicted octanol–water partition coefficient (Wildman–Crippen LogP) is 0.716. The molecule has 0 fully saturated rings. The first kappa shape index (κ1) is 6.95. The van der Waals surface area contributed by atoms with Gasteiger partial charge in [-0.2, -0.15) is 0 Å². The molecule has 0 atom stereocenters. The molecule has 0 aromatic heterocycles. The summed E-state index contributed by atoms with van der Waals surface area (Å²) in [6, 6.07) is 0. The van der Waals surface area contributed by atoms with E-state index in [0.29, 0.717) is 5.70 Å². The Balaban J connectivity index is 3.50. The second-order valence-electron chi connectivity index (χ2n) is 1.34. The van der Waals surface area contributed by atoms with Crippen molar-refractivity contribution in [1.82, 2.24) is 0 Å². The lowest BCUT2D eigenvalue weighted by Crippen LogP contribution is -1.87. The smallest absolute Gasteiger partial charge is 0.0277 e. The minimum Gasteiger partial charge on any atom is -0.399 e. The Hall–Kier alpha value is -1.05. The lowest BCUT2D eigenvalue weighted by molar-refractivity contribution is 1.45. The molecule has 2 nitrogen and oxygen atoms in total. The maximum absolute atomic E-state index is 5.19. The normalized spacial score (nSPS) is 11.1. The average Bonchev–Trinajstić information content (AvgIpc) is 1.66. The molecule has 0 aromatic rings. The van der Waals surface area contributed by atoms with Crippen LogP contribution in [-0.2, 0) is 0 Å². The third kappa shape index (κ3) is 4.95. The highest BCUT2D eigenvalue weighted by molar-refractivity contribution is 5.71. The zero-order valence-corrected chi connectivity index (χ0v) is 4.96. The SMILES string of the molecule is C=C(N)/C=C\C=NC. The van der Waals surface area contributed by atoms with Gasteiger partial charge in [-0.3, -0.25) is 4.99 Å². The van der Waals surface area contributed by atoms with Gasteiger partial charge < -0.3 is 5.73 Å². The highest BCUT2D eigenvalue weighted by atomic mass is 14.6. The molecule has 0 aliphatic carbocycles. The maximum Gasteiger partial charge on any atom is 0.0277 e. The van der Waals surface area contributed by atoms with E-state index < -0.39 is 0 Å². The van der Waals surface area contributed by atoms with Gasteiger partial charge in [0.25, 0.3) is 0 Å². The zero-order valence-electron chi connectivity index (χ0n) is 4.96. The van der Waals surface area contributed by atoms with Crippen molar-refractivity contribution in [2.24, 2.45) is 10.7 Å². The first-order chi connectivity index (χ1) is 3.77. The number of nitrogens with zero attached hydrogens (tertiary/aromatic N) is 1. The van der Waals surface area contributed by atoms with Crippen LogP contribution in [-0.4, -0.2) is 13.3 Å². The lowest BCUT2D eigenvalue weighted by atomic mass is 10.4. The first-order valence-corrected chi connectivity index (χ1v) is 2.30. The molecule has 0 amide bonds. The van der Waals surface area contributed by atoms with Gasteiger partial charge in [-0.25, -0.2) is 0 Å². The largest absolute Gasteiger partial charge is 0.399 e. The predicted molar refractivity (Wildman–Crippen MR) is 36.9 cm³/mol. The Morgan fingerprint density at radius 2 is 2.38 bits per heavy atom. The fourth-order valence-corrected chi connectivity index (χ4v) is 0.253. The van der Waals surface area contributed by atoms with Gasteiger partial charge >= 0.3 is 0 Å². The van der Waals surface area contributed by atoms with Gasteiger partial charge in [0.15, 0.2) is 0 Å². The number of rotatable bonds is 2. The van der Waals surface area contributed by atoms with E-state index in [0.717, 1.165) is 0 Å². The third-order valence-corrected chi connectivity index (χ3v) is 0.545. The van der Waals surface area contributed by atoms with E-state index >= 15 is 0 Å². The number of allylic oxidation sites excluding steroid dienone is 2. The third-order valence-electron chi connectivity index (χ3n) is 0.545. The Bertz CT molecular complexity index is 122. The molecule has 0 radical (unpaired) electrons. The van der Waals surface area contributed by atoms with Crippen molar-refractivity contribution in [3.05, 3.63) is 24.4 Å². The maximum atomic E-state index is 5.19. The fourth-order valence-electron chi connectivity index (χ4n) is 0.253. The van der Waals surface area contributed by atoms with Crippen molar-refractivity contribution in [1.29, 1.82) is 0 Å². The van der Waals surface area contributed by atoms with Crippen molar-refractivity contribution in [2.75, 3.05) is 7.05 Å². The van der Waals surface area contributed by atoms with E-state index in [9.17, 15) is 0 Å². The second-order valence-corrected chi connectivity index (χ2v) is 1.34. The highest BCUT2D eigenvalue weighted by Crippen LogP contribution is 1.76. The van der Waals surface area contributed by atoms with Crippen molar-refractivity contribution in [3.63, 3.8) is 0 Å². The Morgan fingerprint density at radius 3 is 2.75 bits per heavy atom. The van der Waals surface area contributed by atoms with E-state index in [4.69, 9.17) is 5.73 Å². The van der Waals surface area contributed by atoms with Gasteiger partial charge in [0.05, 0.1) is 0 Å². The van der Waals surface area contributed by atoms with Gasteiger partial charge in [-0.15, -0.1) is 0 Å². The van der Waals surface area contributed by atoms with Crippen LogP contribution in [0.1, 0.15) is 0 Å². The molecule has 0 saturated carbocycles. The summed E-state index contributed by atoms with van der Waals surface area (Å²) in [6.45, 7) is 3.46. The molecule has 0 rings (SSSR count). The summed E-state index contributed by atoms with van der Waals surface area (Å²) in [5.41, 5.74) is 5.74. The topological polar surface area (TPSA) is 38.4 Å². The van der Waals surface area contributed by atoms with Crippen LogP contribution < -0.4 is 5.73 Å². The van der Waals surface area contributed by atoms with Crippen LogP contribution >= 0.6 is 0 Å². The molecular formula is C6H10N2. The van der Waals surface area contributed by atoms with Gasteiger partial charge in [-0.05, 0) is 12.2 Å². The molecule has 0 bridgehead atoms. The molecule has 0 saturated heterocycles. The molecule has 2 N–H and O–H groups in total.